The molecule has 2 rings (SSSR count). The van der Waals surface area contributed by atoms with Gasteiger partial charge in [-0.3, -0.25) is 4.90 Å². The molecule has 0 amide bonds. The van der Waals surface area contributed by atoms with Gasteiger partial charge in [0.1, 0.15) is 0 Å². The van der Waals surface area contributed by atoms with Crippen LogP contribution in [0.2, 0.25) is 5.02 Å². The average Bonchev–Trinajstić information content (AvgIpc) is 2.80. The average molecular weight is 265 g/mol. The Morgan fingerprint density at radius 3 is 2.94 bits per heavy atom. The Morgan fingerprint density at radius 1 is 1.61 bits per heavy atom. The summed E-state index contributed by atoms with van der Waals surface area (Å²) in [6.07, 6.45) is 0.789. The number of hydrogen-bond donors (Lipinski definition) is 1. The predicted molar refractivity (Wildman–Crippen MR) is 71.2 cm³/mol. The topological polar surface area (TPSA) is 47.3 Å². The second-order valence-electron chi connectivity index (χ2n) is 4.94. The molecule has 1 aromatic carbocycles. The highest BCUT2D eigenvalue weighted by atomic mass is 35.5. The Hall–Kier alpha value is -1.08. The molecule has 1 heterocycles. The summed E-state index contributed by atoms with van der Waals surface area (Å²) >= 11 is 6.16. The standard InChI is InChI=1S/C14H17ClN2O/c1-10(18)12-4-5-17(8-12)9-13-3-2-11(7-16)6-14(13)15/h2-3,6,10,12,18H,4-5,8-9H2,1H3. The Bertz CT molecular complexity index is 467. The smallest absolute Gasteiger partial charge is 0.0992 e. The minimum atomic E-state index is -0.244. The van der Waals surface area contributed by atoms with Gasteiger partial charge in [0.25, 0.3) is 0 Å². The summed E-state index contributed by atoms with van der Waals surface area (Å²) < 4.78 is 0. The Balaban J connectivity index is 2.01. The maximum absolute atomic E-state index is 9.57. The fraction of sp³-hybridized carbons (Fsp3) is 0.500. The first kappa shape index (κ1) is 13.4. The molecule has 3 nitrogen and oxygen atoms in total. The Labute approximate surface area is 113 Å². The minimum absolute atomic E-state index is 0.244. The van der Waals surface area contributed by atoms with Crippen molar-refractivity contribution in [2.75, 3.05) is 13.1 Å². The zero-order valence-electron chi connectivity index (χ0n) is 10.4. The molecule has 18 heavy (non-hydrogen) atoms. The zero-order valence-corrected chi connectivity index (χ0v) is 11.2. The third-order valence-corrected chi connectivity index (χ3v) is 3.92. The number of halogens is 1. The molecule has 0 radical (unpaired) electrons. The molecule has 1 aliphatic heterocycles. The van der Waals surface area contributed by atoms with Gasteiger partial charge in [-0.25, -0.2) is 0 Å². The molecule has 2 unspecified atom stereocenters. The number of nitrogens with zero attached hydrogens (tertiary/aromatic N) is 2. The molecule has 1 fully saturated rings. The SMILES string of the molecule is CC(O)C1CCN(Cc2ccc(C#N)cc2Cl)C1. The monoisotopic (exact) mass is 264 g/mol. The van der Waals surface area contributed by atoms with Crippen LogP contribution in [0.4, 0.5) is 0 Å². The van der Waals surface area contributed by atoms with Gasteiger partial charge in [-0.2, -0.15) is 5.26 Å². The predicted octanol–water partition coefficient (Wildman–Crippen LogP) is 2.41. The molecule has 4 heteroatoms. The van der Waals surface area contributed by atoms with Crippen LogP contribution in [-0.4, -0.2) is 29.2 Å². The molecule has 96 valence electrons. The van der Waals surface area contributed by atoms with Gasteiger partial charge in [-0.05, 0) is 43.5 Å². The van der Waals surface area contributed by atoms with E-state index in [1.54, 1.807) is 12.1 Å². The van der Waals surface area contributed by atoms with Crippen molar-refractivity contribution in [3.8, 4) is 6.07 Å². The van der Waals surface area contributed by atoms with E-state index in [1.165, 1.54) is 0 Å². The van der Waals surface area contributed by atoms with E-state index in [2.05, 4.69) is 11.0 Å². The molecule has 1 aromatic rings. The molecule has 0 bridgehead atoms. The van der Waals surface area contributed by atoms with Crippen molar-refractivity contribution in [1.29, 1.82) is 5.26 Å². The van der Waals surface area contributed by atoms with Crippen molar-refractivity contribution in [3.63, 3.8) is 0 Å². The van der Waals surface area contributed by atoms with E-state index >= 15 is 0 Å². The van der Waals surface area contributed by atoms with Crippen LogP contribution in [0, 0.1) is 17.2 Å². The third-order valence-electron chi connectivity index (χ3n) is 3.57. The summed E-state index contributed by atoms with van der Waals surface area (Å²) in [6, 6.07) is 7.50. The summed E-state index contributed by atoms with van der Waals surface area (Å²) in [5.74, 6) is 0.363. The number of hydrogen-bond acceptors (Lipinski definition) is 3. The lowest BCUT2D eigenvalue weighted by atomic mass is 10.0. The van der Waals surface area contributed by atoms with E-state index in [-0.39, 0.29) is 6.10 Å². The summed E-state index contributed by atoms with van der Waals surface area (Å²) in [6.45, 7) is 4.54. The van der Waals surface area contributed by atoms with Crippen LogP contribution in [0.25, 0.3) is 0 Å². The number of aliphatic hydroxyl groups is 1. The van der Waals surface area contributed by atoms with Crippen molar-refractivity contribution in [3.05, 3.63) is 34.3 Å². The van der Waals surface area contributed by atoms with Crippen molar-refractivity contribution in [1.82, 2.24) is 4.90 Å². The van der Waals surface area contributed by atoms with Crippen LogP contribution >= 0.6 is 11.6 Å². The number of aliphatic hydroxyl groups excluding tert-OH is 1. The van der Waals surface area contributed by atoms with E-state index in [0.29, 0.717) is 16.5 Å². The summed E-state index contributed by atoms with van der Waals surface area (Å²) in [5, 5.41) is 19.0. The van der Waals surface area contributed by atoms with Crippen molar-refractivity contribution < 1.29 is 5.11 Å². The second-order valence-corrected chi connectivity index (χ2v) is 5.35. The van der Waals surface area contributed by atoms with Crippen LogP contribution in [0.5, 0.6) is 0 Å². The van der Waals surface area contributed by atoms with Gasteiger partial charge < -0.3 is 5.11 Å². The van der Waals surface area contributed by atoms with E-state index in [1.807, 2.05) is 13.0 Å². The fourth-order valence-electron chi connectivity index (χ4n) is 2.39. The zero-order chi connectivity index (χ0) is 13.1. The summed E-state index contributed by atoms with van der Waals surface area (Å²) in [5.41, 5.74) is 1.63. The number of likely N-dealkylation sites (tertiary alicyclic amines) is 1. The Kier molecular flexibility index (Phi) is 4.23. The first-order valence-electron chi connectivity index (χ1n) is 6.19. The first-order valence-corrected chi connectivity index (χ1v) is 6.57. The first-order chi connectivity index (χ1) is 8.60. The van der Waals surface area contributed by atoms with Crippen LogP contribution in [0.15, 0.2) is 18.2 Å². The fourth-order valence-corrected chi connectivity index (χ4v) is 2.63. The molecule has 0 saturated carbocycles. The van der Waals surface area contributed by atoms with E-state index in [9.17, 15) is 5.11 Å². The van der Waals surface area contributed by atoms with Gasteiger partial charge in [0.15, 0.2) is 0 Å². The van der Waals surface area contributed by atoms with Crippen molar-refractivity contribution in [2.24, 2.45) is 5.92 Å². The minimum Gasteiger partial charge on any atom is -0.393 e. The van der Waals surface area contributed by atoms with Crippen LogP contribution < -0.4 is 0 Å². The number of rotatable bonds is 3. The normalized spacial score (nSPS) is 21.8. The molecule has 0 aliphatic carbocycles. The van der Waals surface area contributed by atoms with Gasteiger partial charge in [0.05, 0.1) is 17.7 Å². The van der Waals surface area contributed by atoms with Crippen LogP contribution in [0.1, 0.15) is 24.5 Å². The highest BCUT2D eigenvalue weighted by Crippen LogP contribution is 2.24. The summed E-state index contributed by atoms with van der Waals surface area (Å²) in [4.78, 5) is 2.30. The molecular weight excluding hydrogens is 248 g/mol. The largest absolute Gasteiger partial charge is 0.393 e. The molecule has 1 saturated heterocycles. The van der Waals surface area contributed by atoms with Crippen molar-refractivity contribution >= 4 is 11.6 Å². The maximum Gasteiger partial charge on any atom is 0.0992 e. The van der Waals surface area contributed by atoms with Gasteiger partial charge in [0.2, 0.25) is 0 Å². The van der Waals surface area contributed by atoms with Gasteiger partial charge in [0, 0.05) is 18.1 Å². The lowest BCUT2D eigenvalue weighted by molar-refractivity contribution is 0.127. The molecular formula is C14H17ClN2O. The summed E-state index contributed by atoms with van der Waals surface area (Å²) in [7, 11) is 0. The number of nitriles is 1. The molecule has 2 atom stereocenters. The molecule has 1 aliphatic rings. The number of benzene rings is 1. The van der Waals surface area contributed by atoms with E-state index in [4.69, 9.17) is 16.9 Å². The lowest BCUT2D eigenvalue weighted by Gasteiger charge is -2.18. The van der Waals surface area contributed by atoms with Crippen molar-refractivity contribution in [2.45, 2.75) is 26.0 Å². The van der Waals surface area contributed by atoms with Crippen LogP contribution in [-0.2, 0) is 6.54 Å². The van der Waals surface area contributed by atoms with Gasteiger partial charge >= 0.3 is 0 Å². The van der Waals surface area contributed by atoms with Crippen LogP contribution in [0.3, 0.4) is 0 Å². The van der Waals surface area contributed by atoms with E-state index < -0.39 is 0 Å². The van der Waals surface area contributed by atoms with Gasteiger partial charge in [-0.15, -0.1) is 0 Å². The maximum atomic E-state index is 9.57. The third kappa shape index (κ3) is 3.02. The second kappa shape index (κ2) is 5.71. The highest BCUT2D eigenvalue weighted by molar-refractivity contribution is 6.31. The Morgan fingerprint density at radius 2 is 2.39 bits per heavy atom. The van der Waals surface area contributed by atoms with E-state index in [0.717, 1.165) is 31.6 Å². The lowest BCUT2D eigenvalue weighted by Crippen LogP contribution is -2.24. The molecule has 1 N–H and O–H groups in total. The molecule has 0 spiro atoms. The van der Waals surface area contributed by atoms with Gasteiger partial charge in [-0.1, -0.05) is 17.7 Å². The highest BCUT2D eigenvalue weighted by Gasteiger charge is 2.26. The quantitative estimate of drug-likeness (QED) is 0.912. The molecule has 0 aromatic heterocycles.